The summed E-state index contributed by atoms with van der Waals surface area (Å²) in [5.74, 6) is 2.03. The van der Waals surface area contributed by atoms with E-state index in [1.54, 1.807) is 6.20 Å². The summed E-state index contributed by atoms with van der Waals surface area (Å²) in [6.07, 6.45) is 4.92. The summed E-state index contributed by atoms with van der Waals surface area (Å²) in [6, 6.07) is 1.77. The molecule has 0 unspecified atom stereocenters. The molecule has 0 amide bonds. The molecule has 4 N–H and O–H groups in total. The molecule has 6 nitrogen and oxygen atoms in total. The summed E-state index contributed by atoms with van der Waals surface area (Å²) < 4.78 is 6.94. The number of nitrogens with two attached hydrogens (primary N) is 1. The van der Waals surface area contributed by atoms with Crippen molar-refractivity contribution in [3.8, 4) is 11.5 Å². The minimum atomic E-state index is -0.0850. The number of nitrogens with zero attached hydrogens (tertiary/aromatic N) is 2. The van der Waals surface area contributed by atoms with E-state index in [4.69, 9.17) is 10.5 Å². The lowest BCUT2D eigenvalue weighted by atomic mass is 10.0. The molecule has 142 valence electrons. The lowest BCUT2D eigenvalue weighted by Gasteiger charge is -2.23. The van der Waals surface area contributed by atoms with Crippen LogP contribution in [-0.2, 0) is 6.42 Å². The maximum Gasteiger partial charge on any atom is 0.169 e. The number of ether oxygens (including phenoxy) is 1. The van der Waals surface area contributed by atoms with Crippen LogP contribution in [0.1, 0.15) is 51.2 Å². The fraction of sp³-hybridized carbons (Fsp3) is 0.474. The van der Waals surface area contributed by atoms with Crippen molar-refractivity contribution < 1.29 is 9.84 Å². The number of nitrogens with one attached hydrogen (secondary N) is 1. The zero-order valence-electron chi connectivity index (χ0n) is 15.7. The van der Waals surface area contributed by atoms with Crippen LogP contribution >= 0.6 is 15.9 Å². The van der Waals surface area contributed by atoms with Crippen LogP contribution < -0.4 is 15.8 Å². The Bertz CT molecular complexity index is 749. The molecule has 0 aliphatic rings. The normalized spacial score (nSPS) is 12.3. The van der Waals surface area contributed by atoms with Gasteiger partial charge in [-0.15, -0.1) is 0 Å². The standard InChI is InChI=1S/C19H27BrN4O2/c1-5-12(10-25)24-18-13(6-2)19(21)23-9-16(18)26-15-7-17(20)22-8-14(15)11(3)4/h7-9,11-12,25H,5-6,10H2,1-4H3,(H3,21,23,24)/t12-/m0/s1. The molecule has 7 heteroatoms. The van der Waals surface area contributed by atoms with E-state index in [1.807, 2.05) is 26.1 Å². The number of aromatic nitrogens is 2. The van der Waals surface area contributed by atoms with Gasteiger partial charge in [0, 0.05) is 29.4 Å². The summed E-state index contributed by atoms with van der Waals surface area (Å²) >= 11 is 3.40. The zero-order chi connectivity index (χ0) is 19.3. The number of aliphatic hydroxyl groups is 1. The molecule has 2 aromatic rings. The van der Waals surface area contributed by atoms with Gasteiger partial charge < -0.3 is 20.9 Å². The van der Waals surface area contributed by atoms with Gasteiger partial charge in [-0.05, 0) is 34.7 Å². The Balaban J connectivity index is 2.51. The van der Waals surface area contributed by atoms with Crippen molar-refractivity contribution in [1.29, 1.82) is 0 Å². The first-order valence-corrected chi connectivity index (χ1v) is 9.68. The predicted molar refractivity (Wildman–Crippen MR) is 109 cm³/mol. The third-order valence-electron chi connectivity index (χ3n) is 4.30. The van der Waals surface area contributed by atoms with Crippen LogP contribution in [0.3, 0.4) is 0 Å². The topological polar surface area (TPSA) is 93.3 Å². The van der Waals surface area contributed by atoms with Crippen LogP contribution in [0, 0.1) is 0 Å². The van der Waals surface area contributed by atoms with Gasteiger partial charge in [-0.3, -0.25) is 0 Å². The van der Waals surface area contributed by atoms with E-state index in [1.165, 1.54) is 0 Å². The number of hydrogen-bond acceptors (Lipinski definition) is 6. The zero-order valence-corrected chi connectivity index (χ0v) is 17.3. The van der Waals surface area contributed by atoms with Gasteiger partial charge in [0.15, 0.2) is 5.75 Å². The smallest absolute Gasteiger partial charge is 0.169 e. The van der Waals surface area contributed by atoms with Crippen molar-refractivity contribution in [2.75, 3.05) is 17.7 Å². The Morgan fingerprint density at radius 2 is 1.96 bits per heavy atom. The SMILES string of the molecule is CCc1c(N)ncc(Oc2cc(Br)ncc2C(C)C)c1N[C@@H](CC)CO. The first-order chi connectivity index (χ1) is 12.4. The van der Waals surface area contributed by atoms with E-state index < -0.39 is 0 Å². The van der Waals surface area contributed by atoms with Crippen LogP contribution in [-0.4, -0.2) is 27.7 Å². The van der Waals surface area contributed by atoms with Crippen molar-refractivity contribution >= 4 is 27.4 Å². The van der Waals surface area contributed by atoms with E-state index in [2.05, 4.69) is 45.1 Å². The highest BCUT2D eigenvalue weighted by atomic mass is 79.9. The van der Waals surface area contributed by atoms with Gasteiger partial charge in [0.1, 0.15) is 16.2 Å². The van der Waals surface area contributed by atoms with Crippen molar-refractivity contribution in [2.45, 2.75) is 52.5 Å². The Morgan fingerprint density at radius 1 is 1.23 bits per heavy atom. The molecule has 0 fully saturated rings. The number of hydrogen-bond donors (Lipinski definition) is 3. The van der Waals surface area contributed by atoms with Gasteiger partial charge in [0.25, 0.3) is 0 Å². The van der Waals surface area contributed by atoms with Crippen LogP contribution in [0.4, 0.5) is 11.5 Å². The van der Waals surface area contributed by atoms with Crippen molar-refractivity contribution in [2.24, 2.45) is 0 Å². The van der Waals surface area contributed by atoms with Gasteiger partial charge in [-0.1, -0.05) is 27.7 Å². The third kappa shape index (κ3) is 4.65. The van der Waals surface area contributed by atoms with Crippen LogP contribution in [0.5, 0.6) is 11.5 Å². The molecule has 0 saturated heterocycles. The van der Waals surface area contributed by atoms with Crippen molar-refractivity contribution in [1.82, 2.24) is 9.97 Å². The van der Waals surface area contributed by atoms with Gasteiger partial charge in [-0.2, -0.15) is 0 Å². The fourth-order valence-corrected chi connectivity index (χ4v) is 3.00. The van der Waals surface area contributed by atoms with E-state index in [0.717, 1.165) is 29.0 Å². The molecular formula is C19H27BrN4O2. The number of rotatable bonds is 8. The summed E-state index contributed by atoms with van der Waals surface area (Å²) in [5, 5.41) is 13.0. The molecule has 0 aromatic carbocycles. The van der Waals surface area contributed by atoms with Gasteiger partial charge in [-0.25, -0.2) is 9.97 Å². The molecule has 0 aliphatic heterocycles. The highest BCUT2D eigenvalue weighted by Crippen LogP contribution is 2.38. The van der Waals surface area contributed by atoms with E-state index >= 15 is 0 Å². The molecule has 2 aromatic heterocycles. The Morgan fingerprint density at radius 3 is 2.54 bits per heavy atom. The molecule has 0 radical (unpaired) electrons. The number of nitrogen functional groups attached to an aromatic ring is 1. The Kier molecular flexibility index (Phi) is 7.23. The highest BCUT2D eigenvalue weighted by Gasteiger charge is 2.19. The second-order valence-corrected chi connectivity index (χ2v) is 7.26. The van der Waals surface area contributed by atoms with Gasteiger partial charge >= 0.3 is 0 Å². The first kappa shape index (κ1) is 20.5. The fourth-order valence-electron chi connectivity index (χ4n) is 2.69. The van der Waals surface area contributed by atoms with Crippen LogP contribution in [0.15, 0.2) is 23.1 Å². The number of pyridine rings is 2. The number of aliphatic hydroxyl groups excluding tert-OH is 1. The molecule has 0 saturated carbocycles. The quantitative estimate of drug-likeness (QED) is 0.542. The number of halogens is 1. The van der Waals surface area contributed by atoms with Crippen molar-refractivity contribution in [3.05, 3.63) is 34.2 Å². The van der Waals surface area contributed by atoms with Crippen molar-refractivity contribution in [3.63, 3.8) is 0 Å². The molecule has 0 bridgehead atoms. The lowest BCUT2D eigenvalue weighted by Crippen LogP contribution is -2.24. The average Bonchev–Trinajstić information content (AvgIpc) is 2.61. The van der Waals surface area contributed by atoms with Gasteiger partial charge in [0.05, 0.1) is 18.5 Å². The molecule has 2 rings (SSSR count). The van der Waals surface area contributed by atoms with Crippen LogP contribution in [0.25, 0.3) is 0 Å². The largest absolute Gasteiger partial charge is 0.453 e. The third-order valence-corrected chi connectivity index (χ3v) is 4.73. The first-order valence-electron chi connectivity index (χ1n) is 8.89. The molecular weight excluding hydrogens is 396 g/mol. The van der Waals surface area contributed by atoms with E-state index in [0.29, 0.717) is 22.6 Å². The Labute approximate surface area is 163 Å². The lowest BCUT2D eigenvalue weighted by molar-refractivity contribution is 0.271. The molecule has 1 atom stereocenters. The summed E-state index contributed by atoms with van der Waals surface area (Å²) in [5.41, 5.74) is 8.74. The number of anilines is 2. The maximum atomic E-state index is 9.59. The monoisotopic (exact) mass is 422 g/mol. The summed E-state index contributed by atoms with van der Waals surface area (Å²) in [7, 11) is 0. The molecule has 2 heterocycles. The summed E-state index contributed by atoms with van der Waals surface area (Å²) in [6.45, 7) is 8.24. The highest BCUT2D eigenvalue weighted by molar-refractivity contribution is 9.10. The molecule has 0 aliphatic carbocycles. The van der Waals surface area contributed by atoms with Crippen LogP contribution in [0.2, 0.25) is 0 Å². The average molecular weight is 423 g/mol. The van der Waals surface area contributed by atoms with E-state index in [9.17, 15) is 5.11 Å². The summed E-state index contributed by atoms with van der Waals surface area (Å²) in [4.78, 5) is 8.59. The second kappa shape index (κ2) is 9.19. The maximum absolute atomic E-state index is 9.59. The predicted octanol–water partition coefficient (Wildman–Crippen LogP) is 4.48. The molecule has 26 heavy (non-hydrogen) atoms. The Hall–Kier alpha value is -1.86. The second-order valence-electron chi connectivity index (χ2n) is 6.45. The molecule has 0 spiro atoms. The minimum absolute atomic E-state index is 0.0272. The van der Waals surface area contributed by atoms with E-state index in [-0.39, 0.29) is 18.6 Å². The van der Waals surface area contributed by atoms with Gasteiger partial charge in [0.2, 0.25) is 0 Å². The minimum Gasteiger partial charge on any atom is -0.453 e.